The summed E-state index contributed by atoms with van der Waals surface area (Å²) in [5.74, 6) is -1.31. The van der Waals surface area contributed by atoms with E-state index < -0.39 is 11.7 Å². The van der Waals surface area contributed by atoms with Crippen LogP contribution in [0.4, 0.5) is 4.39 Å². The van der Waals surface area contributed by atoms with Crippen LogP contribution in [0.5, 0.6) is 0 Å². The largest absolute Gasteiger partial charge is 0.365 e. The molecule has 10 heteroatoms. The number of hydrogen-bond donors (Lipinski definition) is 0. The van der Waals surface area contributed by atoms with Gasteiger partial charge in [0.05, 0.1) is 24.4 Å². The highest BCUT2D eigenvalue weighted by atomic mass is 35.5. The molecule has 3 heterocycles. The monoisotopic (exact) mass is 469 g/mol. The zero-order valence-electron chi connectivity index (χ0n) is 17.7. The van der Waals surface area contributed by atoms with Crippen LogP contribution in [0.25, 0.3) is 0 Å². The molecule has 2 aliphatic heterocycles. The quantitative estimate of drug-likeness (QED) is 0.589. The summed E-state index contributed by atoms with van der Waals surface area (Å²) in [4.78, 5) is 29.0. The molecule has 0 saturated carbocycles. The molecule has 1 saturated heterocycles. The summed E-state index contributed by atoms with van der Waals surface area (Å²) in [6, 6.07) is 13.7. The molecule has 8 nitrogen and oxygen atoms in total. The van der Waals surface area contributed by atoms with Gasteiger partial charge in [-0.25, -0.2) is 9.07 Å². The molecule has 1 atom stereocenters. The highest BCUT2D eigenvalue weighted by molar-refractivity contribution is 6.31. The number of rotatable bonds is 3. The highest BCUT2D eigenvalue weighted by Crippen LogP contribution is 2.27. The molecule has 0 aliphatic carbocycles. The van der Waals surface area contributed by atoms with Crippen molar-refractivity contribution >= 4 is 23.4 Å². The van der Waals surface area contributed by atoms with Gasteiger partial charge in [0.1, 0.15) is 11.9 Å². The van der Waals surface area contributed by atoms with E-state index in [4.69, 9.17) is 16.3 Å². The molecule has 1 fully saturated rings. The summed E-state index contributed by atoms with van der Waals surface area (Å²) in [5.41, 5.74) is 1.89. The van der Waals surface area contributed by atoms with Gasteiger partial charge in [-0.2, -0.15) is 0 Å². The van der Waals surface area contributed by atoms with E-state index in [0.29, 0.717) is 30.4 Å². The Morgan fingerprint density at radius 2 is 1.70 bits per heavy atom. The molecule has 2 aromatic carbocycles. The van der Waals surface area contributed by atoms with E-state index in [-0.39, 0.29) is 43.0 Å². The van der Waals surface area contributed by atoms with Crippen molar-refractivity contribution in [2.75, 3.05) is 26.2 Å². The van der Waals surface area contributed by atoms with Crippen molar-refractivity contribution < 1.29 is 18.7 Å². The Kier molecular flexibility index (Phi) is 5.82. The van der Waals surface area contributed by atoms with Gasteiger partial charge >= 0.3 is 0 Å². The van der Waals surface area contributed by atoms with Crippen LogP contribution in [0.2, 0.25) is 5.02 Å². The van der Waals surface area contributed by atoms with Gasteiger partial charge in [-0.3, -0.25) is 9.59 Å². The zero-order chi connectivity index (χ0) is 22.9. The fourth-order valence-electron chi connectivity index (χ4n) is 4.14. The Hall–Kier alpha value is -3.30. The van der Waals surface area contributed by atoms with Crippen molar-refractivity contribution in [1.29, 1.82) is 0 Å². The number of fused-ring (bicyclic) bond motifs is 1. The van der Waals surface area contributed by atoms with Gasteiger partial charge in [0, 0.05) is 31.2 Å². The summed E-state index contributed by atoms with van der Waals surface area (Å²) in [7, 11) is 0. The van der Waals surface area contributed by atoms with Crippen molar-refractivity contribution in [2.45, 2.75) is 19.3 Å². The van der Waals surface area contributed by atoms with Gasteiger partial charge in [-0.1, -0.05) is 47.1 Å². The van der Waals surface area contributed by atoms with Gasteiger partial charge in [0.25, 0.3) is 11.8 Å². The molecule has 0 radical (unpaired) electrons. The molecule has 3 aromatic rings. The van der Waals surface area contributed by atoms with E-state index in [0.717, 1.165) is 5.56 Å². The number of carbonyl (C=O) groups is 2. The first-order valence-corrected chi connectivity index (χ1v) is 11.0. The van der Waals surface area contributed by atoms with Gasteiger partial charge < -0.3 is 14.5 Å². The normalized spacial score (nSPS) is 18.2. The first-order chi connectivity index (χ1) is 16.0. The van der Waals surface area contributed by atoms with E-state index in [9.17, 15) is 14.0 Å². The van der Waals surface area contributed by atoms with Crippen LogP contribution < -0.4 is 0 Å². The maximum atomic E-state index is 14.1. The molecular formula is C23H21ClFN5O3. The third kappa shape index (κ3) is 4.21. The average Bonchev–Trinajstić information content (AvgIpc) is 3.28. The third-order valence-electron chi connectivity index (χ3n) is 5.98. The Bertz CT molecular complexity index is 1190. The summed E-state index contributed by atoms with van der Waals surface area (Å²) in [6.45, 7) is 1.91. The fraction of sp³-hybridized carbons (Fsp3) is 0.304. The third-order valence-corrected chi connectivity index (χ3v) is 6.22. The van der Waals surface area contributed by atoms with Crippen molar-refractivity contribution in [3.8, 4) is 0 Å². The molecule has 33 heavy (non-hydrogen) atoms. The lowest BCUT2D eigenvalue weighted by atomic mass is 10.1. The van der Waals surface area contributed by atoms with E-state index in [1.54, 1.807) is 9.58 Å². The molecule has 0 spiro atoms. The second-order valence-electron chi connectivity index (χ2n) is 7.99. The van der Waals surface area contributed by atoms with E-state index in [2.05, 4.69) is 10.3 Å². The lowest BCUT2D eigenvalue weighted by molar-refractivity contribution is -0.00202. The first kappa shape index (κ1) is 21.5. The number of benzene rings is 2. The van der Waals surface area contributed by atoms with Crippen molar-refractivity contribution in [3.05, 3.63) is 81.9 Å². The van der Waals surface area contributed by atoms with E-state index in [1.807, 2.05) is 30.3 Å². The summed E-state index contributed by atoms with van der Waals surface area (Å²) >= 11 is 5.91. The lowest BCUT2D eigenvalue weighted by Crippen LogP contribution is -2.51. The topological polar surface area (TPSA) is 80.6 Å². The van der Waals surface area contributed by atoms with Gasteiger partial charge in [-0.05, 0) is 23.8 Å². The zero-order valence-corrected chi connectivity index (χ0v) is 18.4. The summed E-state index contributed by atoms with van der Waals surface area (Å²) in [6.07, 6.45) is -0.148. The number of carbonyl (C=O) groups excluding carboxylic acids is 2. The van der Waals surface area contributed by atoms with E-state index in [1.165, 1.54) is 23.1 Å². The van der Waals surface area contributed by atoms with Crippen LogP contribution in [-0.4, -0.2) is 62.8 Å². The predicted octanol–water partition coefficient (Wildman–Crippen LogP) is 2.94. The molecule has 170 valence electrons. The van der Waals surface area contributed by atoms with Gasteiger partial charge in [0.2, 0.25) is 0 Å². The Morgan fingerprint density at radius 1 is 1.00 bits per heavy atom. The van der Waals surface area contributed by atoms with Crippen LogP contribution in [0, 0.1) is 5.82 Å². The van der Waals surface area contributed by atoms with Crippen LogP contribution in [-0.2, 0) is 17.9 Å². The molecule has 0 bridgehead atoms. The average molecular weight is 470 g/mol. The van der Waals surface area contributed by atoms with Crippen molar-refractivity contribution in [1.82, 2.24) is 24.8 Å². The number of aromatic nitrogens is 3. The maximum absolute atomic E-state index is 14.1. The molecule has 5 rings (SSSR count). The van der Waals surface area contributed by atoms with Crippen molar-refractivity contribution in [3.63, 3.8) is 0 Å². The standard InChI is InChI=1S/C23H21ClFN5O3/c24-16-6-7-18(25)17(12-16)22(31)28-8-10-29(11-9-28)23(32)21-19-14-33-20(13-30(19)27-26-21)15-4-2-1-3-5-15/h1-7,12,20H,8-11,13-14H2. The van der Waals surface area contributed by atoms with Crippen molar-refractivity contribution in [2.24, 2.45) is 0 Å². The molecule has 2 amide bonds. The van der Waals surface area contributed by atoms with Gasteiger partial charge in [0.15, 0.2) is 5.69 Å². The highest BCUT2D eigenvalue weighted by Gasteiger charge is 2.32. The number of hydrogen-bond acceptors (Lipinski definition) is 5. The van der Waals surface area contributed by atoms with Crippen LogP contribution in [0.3, 0.4) is 0 Å². The predicted molar refractivity (Wildman–Crippen MR) is 117 cm³/mol. The summed E-state index contributed by atoms with van der Waals surface area (Å²) in [5, 5.41) is 8.58. The Balaban J connectivity index is 1.24. The van der Waals surface area contributed by atoms with Crippen LogP contribution >= 0.6 is 11.6 Å². The van der Waals surface area contributed by atoms with Crippen LogP contribution in [0.1, 0.15) is 38.2 Å². The number of piperazine rings is 1. The minimum Gasteiger partial charge on any atom is -0.365 e. The SMILES string of the molecule is O=C(c1cc(Cl)ccc1F)N1CCN(C(=O)c2nnn3c2COC(c2ccccc2)C3)CC1. The molecular weight excluding hydrogens is 449 g/mol. The second-order valence-corrected chi connectivity index (χ2v) is 8.42. The second kappa shape index (κ2) is 8.92. The summed E-state index contributed by atoms with van der Waals surface area (Å²) < 4.78 is 21.8. The molecule has 1 unspecified atom stereocenters. The molecule has 2 aliphatic rings. The molecule has 0 N–H and O–H groups in total. The molecule has 1 aromatic heterocycles. The Morgan fingerprint density at radius 3 is 2.42 bits per heavy atom. The van der Waals surface area contributed by atoms with E-state index >= 15 is 0 Å². The van der Waals surface area contributed by atoms with Crippen LogP contribution in [0.15, 0.2) is 48.5 Å². The number of halogens is 2. The number of ether oxygens (including phenoxy) is 1. The minimum absolute atomic E-state index is 0.0697. The van der Waals surface area contributed by atoms with Gasteiger partial charge in [-0.15, -0.1) is 5.10 Å². The number of nitrogens with zero attached hydrogens (tertiary/aromatic N) is 5. The number of amides is 2. The minimum atomic E-state index is -0.618. The smallest absolute Gasteiger partial charge is 0.276 e. The fourth-order valence-corrected chi connectivity index (χ4v) is 4.31. The Labute approximate surface area is 194 Å². The maximum Gasteiger partial charge on any atom is 0.276 e. The lowest BCUT2D eigenvalue weighted by Gasteiger charge is -2.34. The first-order valence-electron chi connectivity index (χ1n) is 10.6.